The lowest BCUT2D eigenvalue weighted by Crippen LogP contribution is -2.58. The molecule has 1 aliphatic carbocycles. The Morgan fingerprint density at radius 1 is 1.46 bits per heavy atom. The molecule has 3 heterocycles. The van der Waals surface area contributed by atoms with Gasteiger partial charge in [-0.05, 0) is 30.9 Å². The number of rotatable bonds is 2. The Kier molecular flexibility index (Phi) is 3.15. The van der Waals surface area contributed by atoms with Gasteiger partial charge in [0, 0.05) is 42.0 Å². The van der Waals surface area contributed by atoms with Crippen LogP contribution in [0.15, 0.2) is 41.6 Å². The fourth-order valence-corrected chi connectivity index (χ4v) is 6.06. The van der Waals surface area contributed by atoms with Crippen molar-refractivity contribution in [2.24, 2.45) is 5.41 Å². The Labute approximate surface area is 153 Å². The smallest absolute Gasteiger partial charge is 0.335 e. The summed E-state index contributed by atoms with van der Waals surface area (Å²) < 4.78 is 5.17. The summed E-state index contributed by atoms with van der Waals surface area (Å²) in [5.41, 5.74) is 3.58. The second-order valence-electron chi connectivity index (χ2n) is 7.98. The molecule has 3 aliphatic heterocycles. The molecule has 4 aliphatic rings. The first kappa shape index (κ1) is 15.9. The molecule has 0 radical (unpaired) electrons. The highest BCUT2D eigenvalue weighted by Gasteiger charge is 2.65. The van der Waals surface area contributed by atoms with Crippen LogP contribution in [-0.2, 0) is 14.9 Å². The molecule has 2 N–H and O–H groups in total. The van der Waals surface area contributed by atoms with E-state index < -0.39 is 0 Å². The summed E-state index contributed by atoms with van der Waals surface area (Å²) in [5, 5.41) is 13.5. The molecule has 1 aromatic rings. The molecule has 0 unspecified atom stereocenters. The molecule has 26 heavy (non-hydrogen) atoms. The maximum Gasteiger partial charge on any atom is 0.335 e. The lowest BCUT2D eigenvalue weighted by Gasteiger charge is -2.53. The number of phenols is 1. The molecule has 1 spiro atoms. The molecule has 1 fully saturated rings. The monoisotopic (exact) mass is 352 g/mol. The van der Waals surface area contributed by atoms with Crippen molar-refractivity contribution in [3.63, 3.8) is 0 Å². The van der Waals surface area contributed by atoms with Crippen molar-refractivity contribution in [1.29, 1.82) is 0 Å². The highest BCUT2D eigenvalue weighted by atomic mass is 16.5. The molecule has 5 heteroatoms. The number of carbonyl (C=O) groups is 1. The van der Waals surface area contributed by atoms with Crippen LogP contribution in [0.5, 0.6) is 5.75 Å². The summed E-state index contributed by atoms with van der Waals surface area (Å²) in [6, 6.07) is 5.90. The van der Waals surface area contributed by atoms with E-state index in [0.717, 1.165) is 42.9 Å². The van der Waals surface area contributed by atoms with Crippen molar-refractivity contribution < 1.29 is 14.6 Å². The molecular formula is C21H24N2O3. The fraction of sp³-hybridized carbons (Fsp3) is 0.476. The second-order valence-corrected chi connectivity index (χ2v) is 7.98. The van der Waals surface area contributed by atoms with Crippen molar-refractivity contribution in [1.82, 2.24) is 4.90 Å². The maximum atomic E-state index is 12.7. The predicted molar refractivity (Wildman–Crippen MR) is 98.9 cm³/mol. The quantitative estimate of drug-likeness (QED) is 0.633. The molecule has 5 nitrogen and oxygen atoms in total. The average molecular weight is 352 g/mol. The Hall–Kier alpha value is -2.27. The SMILES string of the molecule is CC[C@]12C=CCN3CC[C@@]4(C(=C(C(=O)OC)C1)Nc1cc(O)ccc14)[C@@H]32. The van der Waals surface area contributed by atoms with Gasteiger partial charge in [-0.25, -0.2) is 4.79 Å². The molecule has 0 aromatic heterocycles. The third-order valence-electron chi connectivity index (χ3n) is 7.05. The van der Waals surface area contributed by atoms with Crippen LogP contribution >= 0.6 is 0 Å². The third kappa shape index (κ3) is 1.72. The number of methoxy groups -OCH3 is 1. The molecule has 3 atom stereocenters. The number of esters is 1. The molecule has 0 amide bonds. The number of benzene rings is 1. The van der Waals surface area contributed by atoms with E-state index in [2.05, 4.69) is 29.3 Å². The molecular weight excluding hydrogens is 328 g/mol. The van der Waals surface area contributed by atoms with Gasteiger partial charge in [0.15, 0.2) is 0 Å². The number of fused-ring (bicyclic) bond motifs is 1. The van der Waals surface area contributed by atoms with E-state index >= 15 is 0 Å². The number of ether oxygens (including phenoxy) is 1. The van der Waals surface area contributed by atoms with Crippen LogP contribution in [0, 0.1) is 5.41 Å². The maximum absolute atomic E-state index is 12.7. The Morgan fingerprint density at radius 3 is 3.08 bits per heavy atom. The van der Waals surface area contributed by atoms with Gasteiger partial charge in [-0.15, -0.1) is 0 Å². The van der Waals surface area contributed by atoms with Gasteiger partial charge in [0.2, 0.25) is 0 Å². The summed E-state index contributed by atoms with van der Waals surface area (Å²) >= 11 is 0. The summed E-state index contributed by atoms with van der Waals surface area (Å²) in [6.45, 7) is 4.19. The first-order valence-electron chi connectivity index (χ1n) is 9.40. The van der Waals surface area contributed by atoms with E-state index in [1.807, 2.05) is 6.07 Å². The highest BCUT2D eigenvalue weighted by Crippen LogP contribution is 2.64. The number of hydrogen-bond donors (Lipinski definition) is 2. The van der Waals surface area contributed by atoms with Gasteiger partial charge in [-0.1, -0.05) is 25.1 Å². The summed E-state index contributed by atoms with van der Waals surface area (Å²) in [4.78, 5) is 15.3. The summed E-state index contributed by atoms with van der Waals surface area (Å²) in [7, 11) is 1.46. The second kappa shape index (κ2) is 5.13. The van der Waals surface area contributed by atoms with Gasteiger partial charge in [0.1, 0.15) is 5.75 Å². The number of nitrogens with one attached hydrogen (secondary N) is 1. The minimum Gasteiger partial charge on any atom is -0.508 e. The van der Waals surface area contributed by atoms with Crippen LogP contribution in [0.25, 0.3) is 0 Å². The van der Waals surface area contributed by atoms with Crippen LogP contribution in [0.2, 0.25) is 0 Å². The minimum atomic E-state index is -0.243. The zero-order chi connectivity index (χ0) is 18.1. The number of carbonyl (C=O) groups excluding carboxylic acids is 1. The average Bonchev–Trinajstić information content (AvgIpc) is 3.20. The van der Waals surface area contributed by atoms with Crippen molar-refractivity contribution in [2.45, 2.75) is 37.6 Å². The Bertz CT molecular complexity index is 874. The molecule has 1 saturated heterocycles. The van der Waals surface area contributed by atoms with Crippen LogP contribution in [0.1, 0.15) is 31.7 Å². The van der Waals surface area contributed by atoms with Crippen LogP contribution in [-0.4, -0.2) is 42.2 Å². The minimum absolute atomic E-state index is 0.0665. The van der Waals surface area contributed by atoms with Crippen molar-refractivity contribution in [3.05, 3.63) is 47.2 Å². The first-order chi connectivity index (χ1) is 12.6. The molecule has 0 saturated carbocycles. The van der Waals surface area contributed by atoms with E-state index in [1.54, 1.807) is 12.1 Å². The lowest BCUT2D eigenvalue weighted by molar-refractivity contribution is -0.137. The van der Waals surface area contributed by atoms with Crippen molar-refractivity contribution in [3.8, 4) is 5.75 Å². The number of phenolic OH excluding ortho intramolecular Hbond substituents is 1. The van der Waals surface area contributed by atoms with E-state index in [-0.39, 0.29) is 22.5 Å². The van der Waals surface area contributed by atoms with Gasteiger partial charge in [0.05, 0.1) is 18.1 Å². The van der Waals surface area contributed by atoms with Crippen LogP contribution < -0.4 is 5.32 Å². The highest BCUT2D eigenvalue weighted by molar-refractivity contribution is 5.93. The van der Waals surface area contributed by atoms with Gasteiger partial charge < -0.3 is 15.2 Å². The molecule has 1 aromatic carbocycles. The Balaban J connectivity index is 1.83. The standard InChI is InChI=1S/C21H24N2O3/c1-3-20-7-4-9-23-10-8-21(19(20)23)15-6-5-13(24)11-16(15)22-17(21)14(12-20)18(25)26-2/h4-7,11,19,22,24H,3,8-10,12H2,1-2H3/t19-,20-,21+/m0/s1. The van der Waals surface area contributed by atoms with E-state index in [9.17, 15) is 9.90 Å². The van der Waals surface area contributed by atoms with E-state index in [0.29, 0.717) is 12.5 Å². The number of nitrogens with zero attached hydrogens (tertiary/aromatic N) is 1. The number of aromatic hydroxyl groups is 1. The van der Waals surface area contributed by atoms with Gasteiger partial charge in [-0.2, -0.15) is 0 Å². The lowest BCUT2D eigenvalue weighted by atomic mass is 9.55. The third-order valence-corrected chi connectivity index (χ3v) is 7.05. The van der Waals surface area contributed by atoms with E-state index in [1.165, 1.54) is 12.7 Å². The topological polar surface area (TPSA) is 61.8 Å². The zero-order valence-corrected chi connectivity index (χ0v) is 15.2. The van der Waals surface area contributed by atoms with Crippen LogP contribution in [0.4, 0.5) is 5.69 Å². The van der Waals surface area contributed by atoms with Crippen molar-refractivity contribution >= 4 is 11.7 Å². The molecule has 5 rings (SSSR count). The zero-order valence-electron chi connectivity index (χ0n) is 15.2. The first-order valence-corrected chi connectivity index (χ1v) is 9.40. The van der Waals surface area contributed by atoms with Gasteiger partial charge >= 0.3 is 5.97 Å². The van der Waals surface area contributed by atoms with E-state index in [4.69, 9.17) is 4.74 Å². The molecule has 136 valence electrons. The van der Waals surface area contributed by atoms with Gasteiger partial charge in [-0.3, -0.25) is 4.90 Å². The summed E-state index contributed by atoms with van der Waals surface area (Å²) in [6.07, 6.45) is 7.26. The predicted octanol–water partition coefficient (Wildman–Crippen LogP) is 2.93. The molecule has 0 bridgehead atoms. The largest absolute Gasteiger partial charge is 0.508 e. The van der Waals surface area contributed by atoms with Crippen LogP contribution in [0.3, 0.4) is 0 Å². The number of hydrogen-bond acceptors (Lipinski definition) is 5. The Morgan fingerprint density at radius 2 is 2.31 bits per heavy atom. The fourth-order valence-electron chi connectivity index (χ4n) is 6.06. The van der Waals surface area contributed by atoms with Crippen molar-refractivity contribution in [2.75, 3.05) is 25.5 Å². The number of anilines is 1. The summed E-state index contributed by atoms with van der Waals surface area (Å²) in [5.74, 6) is -0.000681. The normalized spacial score (nSPS) is 34.2. The van der Waals surface area contributed by atoms with Gasteiger partial charge in [0.25, 0.3) is 0 Å².